The van der Waals surface area contributed by atoms with Gasteiger partial charge in [-0.25, -0.2) is 9.18 Å². The van der Waals surface area contributed by atoms with E-state index in [1.54, 1.807) is 6.07 Å². The van der Waals surface area contributed by atoms with Crippen molar-refractivity contribution in [2.75, 3.05) is 29.9 Å². The predicted molar refractivity (Wildman–Crippen MR) is 95.0 cm³/mol. The van der Waals surface area contributed by atoms with E-state index in [2.05, 4.69) is 15.5 Å². The van der Waals surface area contributed by atoms with E-state index < -0.39 is 5.54 Å². The molecule has 0 spiro atoms. The molecule has 0 aliphatic carbocycles. The fraction of sp³-hybridized carbons (Fsp3) is 0.611. The molecule has 1 aromatic rings. The Bertz CT molecular complexity index is 561. The van der Waals surface area contributed by atoms with Crippen LogP contribution >= 0.6 is 0 Å². The molecule has 3 N–H and O–H groups in total. The summed E-state index contributed by atoms with van der Waals surface area (Å²) >= 11 is 0. The molecule has 2 rings (SSSR count). The lowest BCUT2D eigenvalue weighted by atomic mass is 9.95. The number of benzene rings is 1. The Hall–Kier alpha value is -1.82. The van der Waals surface area contributed by atoms with E-state index in [-0.39, 0.29) is 18.5 Å². The number of hydrogen-bond donors (Lipinski definition) is 3. The SMILES string of the molecule is CCC(C)(CCO)NC(=O)Nc1cc(F)ccc1N1CCCCC1. The van der Waals surface area contributed by atoms with Gasteiger partial charge in [0.1, 0.15) is 5.82 Å². The number of halogens is 1. The second-order valence-corrected chi connectivity index (χ2v) is 6.68. The Balaban J connectivity index is 2.13. The number of nitrogens with one attached hydrogen (secondary N) is 2. The number of hydrogen-bond acceptors (Lipinski definition) is 3. The van der Waals surface area contributed by atoms with Gasteiger partial charge in [0.25, 0.3) is 0 Å². The number of piperidine rings is 1. The highest BCUT2D eigenvalue weighted by molar-refractivity contribution is 5.93. The van der Waals surface area contributed by atoms with Crippen LogP contribution in [0.4, 0.5) is 20.6 Å². The number of aliphatic hydroxyl groups is 1. The number of aliphatic hydroxyl groups excluding tert-OH is 1. The van der Waals surface area contributed by atoms with Crippen LogP contribution in [0.25, 0.3) is 0 Å². The molecule has 2 amide bonds. The summed E-state index contributed by atoms with van der Waals surface area (Å²) in [6.45, 7) is 5.68. The molecule has 1 heterocycles. The monoisotopic (exact) mass is 337 g/mol. The van der Waals surface area contributed by atoms with Crippen LogP contribution in [0.3, 0.4) is 0 Å². The maximum absolute atomic E-state index is 13.7. The van der Waals surface area contributed by atoms with E-state index >= 15 is 0 Å². The molecule has 6 heteroatoms. The van der Waals surface area contributed by atoms with Gasteiger partial charge in [0.2, 0.25) is 0 Å². The molecule has 0 saturated carbocycles. The lowest BCUT2D eigenvalue weighted by molar-refractivity contribution is 0.208. The van der Waals surface area contributed by atoms with Gasteiger partial charge >= 0.3 is 6.03 Å². The topological polar surface area (TPSA) is 64.6 Å². The molecule has 1 unspecified atom stereocenters. The van der Waals surface area contributed by atoms with Crippen molar-refractivity contribution in [3.05, 3.63) is 24.0 Å². The molecule has 0 aromatic heterocycles. The Morgan fingerprint density at radius 2 is 2.04 bits per heavy atom. The van der Waals surface area contributed by atoms with Crippen molar-refractivity contribution in [3.63, 3.8) is 0 Å². The molecule has 1 aromatic carbocycles. The minimum absolute atomic E-state index is 0.00358. The minimum Gasteiger partial charge on any atom is -0.396 e. The molecule has 1 atom stereocenters. The maximum Gasteiger partial charge on any atom is 0.319 e. The normalized spacial score (nSPS) is 17.2. The van der Waals surface area contributed by atoms with Crippen molar-refractivity contribution in [1.82, 2.24) is 5.32 Å². The number of rotatable bonds is 6. The van der Waals surface area contributed by atoms with Crippen molar-refractivity contribution >= 4 is 17.4 Å². The summed E-state index contributed by atoms with van der Waals surface area (Å²) in [5, 5.41) is 14.8. The number of carbonyl (C=O) groups excluding carboxylic acids is 1. The zero-order valence-electron chi connectivity index (χ0n) is 14.6. The van der Waals surface area contributed by atoms with Crippen LogP contribution < -0.4 is 15.5 Å². The molecule has 0 radical (unpaired) electrons. The molecule has 1 saturated heterocycles. The Morgan fingerprint density at radius 3 is 2.67 bits per heavy atom. The molecule has 134 valence electrons. The molecule has 1 aliphatic rings. The molecule has 1 fully saturated rings. The van der Waals surface area contributed by atoms with Crippen molar-refractivity contribution in [1.29, 1.82) is 0 Å². The largest absolute Gasteiger partial charge is 0.396 e. The van der Waals surface area contributed by atoms with Crippen molar-refractivity contribution in [2.24, 2.45) is 0 Å². The van der Waals surface area contributed by atoms with Gasteiger partial charge < -0.3 is 20.6 Å². The van der Waals surface area contributed by atoms with Crippen LogP contribution in [0, 0.1) is 5.82 Å². The Morgan fingerprint density at radius 1 is 1.33 bits per heavy atom. The highest BCUT2D eigenvalue weighted by Gasteiger charge is 2.24. The summed E-state index contributed by atoms with van der Waals surface area (Å²) in [4.78, 5) is 14.5. The fourth-order valence-electron chi connectivity index (χ4n) is 3.02. The van der Waals surface area contributed by atoms with Gasteiger partial charge in [-0.3, -0.25) is 0 Å². The third-order valence-electron chi connectivity index (χ3n) is 4.76. The van der Waals surface area contributed by atoms with Crippen molar-refractivity contribution < 1.29 is 14.3 Å². The van der Waals surface area contributed by atoms with Gasteiger partial charge in [0.05, 0.1) is 11.4 Å². The number of nitrogens with zero attached hydrogens (tertiary/aromatic N) is 1. The van der Waals surface area contributed by atoms with Crippen LogP contribution in [-0.4, -0.2) is 36.4 Å². The second kappa shape index (κ2) is 8.33. The highest BCUT2D eigenvalue weighted by atomic mass is 19.1. The molecule has 1 aliphatic heterocycles. The smallest absolute Gasteiger partial charge is 0.319 e. The number of urea groups is 1. The molecule has 24 heavy (non-hydrogen) atoms. The first kappa shape index (κ1) is 18.5. The number of carbonyl (C=O) groups is 1. The van der Waals surface area contributed by atoms with Crippen molar-refractivity contribution in [2.45, 2.75) is 51.5 Å². The number of anilines is 2. The third kappa shape index (κ3) is 4.84. The minimum atomic E-state index is -0.489. The Kier molecular flexibility index (Phi) is 6.43. The first-order valence-electron chi connectivity index (χ1n) is 8.72. The first-order valence-corrected chi connectivity index (χ1v) is 8.72. The maximum atomic E-state index is 13.7. The fourth-order valence-corrected chi connectivity index (χ4v) is 3.02. The summed E-state index contributed by atoms with van der Waals surface area (Å²) in [6, 6.07) is 4.13. The summed E-state index contributed by atoms with van der Waals surface area (Å²) in [5.74, 6) is -0.375. The highest BCUT2D eigenvalue weighted by Crippen LogP contribution is 2.29. The second-order valence-electron chi connectivity index (χ2n) is 6.68. The Labute approximate surface area is 143 Å². The van der Waals surface area contributed by atoms with Gasteiger partial charge in [-0.05, 0) is 57.2 Å². The van der Waals surface area contributed by atoms with E-state index in [4.69, 9.17) is 5.11 Å². The molecule has 5 nitrogen and oxygen atoms in total. The number of amides is 2. The zero-order chi connectivity index (χ0) is 17.6. The van der Waals surface area contributed by atoms with E-state index in [0.29, 0.717) is 18.5 Å². The van der Waals surface area contributed by atoms with Gasteiger partial charge in [-0.1, -0.05) is 6.92 Å². The van der Waals surface area contributed by atoms with Gasteiger partial charge in [-0.2, -0.15) is 0 Å². The quantitative estimate of drug-likeness (QED) is 0.744. The predicted octanol–water partition coefficient (Wildman–Crippen LogP) is 3.49. The van der Waals surface area contributed by atoms with E-state index in [0.717, 1.165) is 31.6 Å². The average Bonchev–Trinajstić information content (AvgIpc) is 2.56. The summed E-state index contributed by atoms with van der Waals surface area (Å²) < 4.78 is 13.7. The van der Waals surface area contributed by atoms with E-state index in [1.807, 2.05) is 13.8 Å². The van der Waals surface area contributed by atoms with Crippen LogP contribution in [-0.2, 0) is 0 Å². The first-order chi connectivity index (χ1) is 11.5. The van der Waals surface area contributed by atoms with Crippen LogP contribution in [0.2, 0.25) is 0 Å². The zero-order valence-corrected chi connectivity index (χ0v) is 14.6. The van der Waals surface area contributed by atoms with Crippen LogP contribution in [0.15, 0.2) is 18.2 Å². The van der Waals surface area contributed by atoms with E-state index in [1.165, 1.54) is 18.6 Å². The summed E-state index contributed by atoms with van der Waals surface area (Å²) in [7, 11) is 0. The molecular weight excluding hydrogens is 309 g/mol. The average molecular weight is 337 g/mol. The third-order valence-corrected chi connectivity index (χ3v) is 4.76. The lowest BCUT2D eigenvalue weighted by Gasteiger charge is -2.32. The standard InChI is InChI=1S/C18H28FN3O2/c1-3-18(2,9-12-23)21-17(24)20-15-13-14(19)7-8-16(15)22-10-5-4-6-11-22/h7-8,13,23H,3-6,9-12H2,1-2H3,(H2,20,21,24). The van der Waals surface area contributed by atoms with Gasteiger partial charge in [0, 0.05) is 25.2 Å². The lowest BCUT2D eigenvalue weighted by Crippen LogP contribution is -2.48. The van der Waals surface area contributed by atoms with Gasteiger partial charge in [-0.15, -0.1) is 0 Å². The molecular formula is C18H28FN3O2. The summed E-state index contributed by atoms with van der Waals surface area (Å²) in [5.41, 5.74) is 0.848. The van der Waals surface area contributed by atoms with Crippen molar-refractivity contribution in [3.8, 4) is 0 Å². The van der Waals surface area contributed by atoms with Gasteiger partial charge in [0.15, 0.2) is 0 Å². The summed E-state index contributed by atoms with van der Waals surface area (Å²) in [6.07, 6.45) is 4.58. The van der Waals surface area contributed by atoms with Crippen LogP contribution in [0.5, 0.6) is 0 Å². The molecule has 0 bridgehead atoms. The van der Waals surface area contributed by atoms with E-state index in [9.17, 15) is 9.18 Å². The van der Waals surface area contributed by atoms with Crippen LogP contribution in [0.1, 0.15) is 46.0 Å².